The Kier molecular flexibility index (Phi) is 4.55. The summed E-state index contributed by atoms with van der Waals surface area (Å²) in [6.07, 6.45) is 2.56. The van der Waals surface area contributed by atoms with Crippen LogP contribution in [0.4, 0.5) is 0 Å². The average Bonchev–Trinajstić information content (AvgIpc) is 2.85. The molecule has 2 rings (SSSR count). The molecule has 0 radical (unpaired) electrons. The fourth-order valence-electron chi connectivity index (χ4n) is 2.05. The van der Waals surface area contributed by atoms with Gasteiger partial charge in [-0.1, -0.05) is 0 Å². The molecule has 0 spiro atoms. The molecule has 1 fully saturated rings. The van der Waals surface area contributed by atoms with Gasteiger partial charge in [0.2, 0.25) is 0 Å². The van der Waals surface area contributed by atoms with Crippen molar-refractivity contribution in [3.05, 3.63) is 20.8 Å². The van der Waals surface area contributed by atoms with Gasteiger partial charge in [0, 0.05) is 20.8 Å². The van der Waals surface area contributed by atoms with Gasteiger partial charge in [0.25, 0.3) is 0 Å². The van der Waals surface area contributed by atoms with E-state index in [0.717, 1.165) is 5.92 Å². The third-order valence-corrected chi connectivity index (χ3v) is 5.86. The lowest BCUT2D eigenvalue weighted by Gasteiger charge is -2.21. The number of likely N-dealkylation sites (N-methyl/N-ethyl adjacent to an activating group) is 1. The molecule has 0 bridgehead atoms. The highest BCUT2D eigenvalue weighted by Gasteiger charge is 2.24. The summed E-state index contributed by atoms with van der Waals surface area (Å²) in [6, 6.07) is 2.91. The van der Waals surface area contributed by atoms with Crippen LogP contribution in [0, 0.1) is 5.92 Å². The molecule has 1 saturated heterocycles. The Morgan fingerprint density at radius 2 is 2.53 bits per heavy atom. The second kappa shape index (κ2) is 5.71. The zero-order chi connectivity index (χ0) is 10.7. The Labute approximate surface area is 108 Å². The van der Waals surface area contributed by atoms with Gasteiger partial charge >= 0.3 is 0 Å². The summed E-state index contributed by atoms with van der Waals surface area (Å²) in [7, 11) is 2.09. The molecule has 1 aromatic heterocycles. The number of hydrogen-bond acceptors (Lipinski definition) is 3. The third kappa shape index (κ3) is 3.22. The van der Waals surface area contributed by atoms with Crippen LogP contribution in [-0.2, 0) is 6.42 Å². The smallest absolute Gasteiger partial charge is 0.0285 e. The molecule has 1 N–H and O–H groups in total. The number of hydrogen-bond donors (Lipinski definition) is 1. The first-order valence-corrected chi connectivity index (χ1v) is 8.10. The molecule has 1 aromatic rings. The molecule has 84 valence electrons. The maximum atomic E-state index is 3.51. The zero-order valence-corrected chi connectivity index (χ0v) is 12.1. The highest BCUT2D eigenvalue weighted by atomic mass is 79.9. The van der Waals surface area contributed by atoms with Gasteiger partial charge in [0.1, 0.15) is 0 Å². The normalized spacial score (nSPS) is 23.2. The van der Waals surface area contributed by atoms with E-state index in [0.29, 0.717) is 6.04 Å². The minimum absolute atomic E-state index is 0.658. The molecule has 1 nitrogen and oxygen atoms in total. The fraction of sp³-hybridized carbons (Fsp3) is 0.636. The van der Waals surface area contributed by atoms with Crippen molar-refractivity contribution in [1.82, 2.24) is 5.32 Å². The van der Waals surface area contributed by atoms with Gasteiger partial charge < -0.3 is 5.32 Å². The molecular formula is C11H16BrNS2. The number of halogens is 1. The number of nitrogens with one attached hydrogen (secondary N) is 1. The third-order valence-electron chi connectivity index (χ3n) is 2.95. The molecule has 0 aromatic carbocycles. The van der Waals surface area contributed by atoms with E-state index in [1.807, 2.05) is 11.3 Å². The monoisotopic (exact) mass is 305 g/mol. The summed E-state index contributed by atoms with van der Waals surface area (Å²) in [6.45, 7) is 0. The van der Waals surface area contributed by atoms with Crippen molar-refractivity contribution in [3.8, 4) is 0 Å². The lowest BCUT2D eigenvalue weighted by atomic mass is 9.96. The minimum Gasteiger partial charge on any atom is -0.316 e. The van der Waals surface area contributed by atoms with E-state index in [9.17, 15) is 0 Å². The van der Waals surface area contributed by atoms with Crippen molar-refractivity contribution in [3.63, 3.8) is 0 Å². The van der Waals surface area contributed by atoms with Crippen LogP contribution < -0.4 is 5.32 Å². The molecule has 1 aliphatic heterocycles. The van der Waals surface area contributed by atoms with E-state index >= 15 is 0 Å². The van der Waals surface area contributed by atoms with Crippen LogP contribution in [0.25, 0.3) is 0 Å². The molecule has 0 amide bonds. The number of thioether (sulfide) groups is 1. The van der Waals surface area contributed by atoms with Gasteiger partial charge in [-0.05, 0) is 59.3 Å². The molecule has 0 saturated carbocycles. The minimum atomic E-state index is 0.658. The Morgan fingerprint density at radius 1 is 1.67 bits per heavy atom. The highest BCUT2D eigenvalue weighted by molar-refractivity contribution is 9.10. The van der Waals surface area contributed by atoms with E-state index in [-0.39, 0.29) is 0 Å². The summed E-state index contributed by atoms with van der Waals surface area (Å²) in [5.41, 5.74) is 0. The topological polar surface area (TPSA) is 12.0 Å². The van der Waals surface area contributed by atoms with E-state index in [1.165, 1.54) is 33.7 Å². The summed E-state index contributed by atoms with van der Waals surface area (Å²) >= 11 is 7.47. The molecule has 2 unspecified atom stereocenters. The van der Waals surface area contributed by atoms with E-state index in [1.54, 1.807) is 0 Å². The van der Waals surface area contributed by atoms with Gasteiger partial charge in [0.15, 0.2) is 0 Å². The van der Waals surface area contributed by atoms with E-state index < -0.39 is 0 Å². The Morgan fingerprint density at radius 3 is 3.07 bits per heavy atom. The van der Waals surface area contributed by atoms with Crippen molar-refractivity contribution in [2.24, 2.45) is 5.92 Å². The first-order chi connectivity index (χ1) is 7.29. The number of rotatable bonds is 4. The Balaban J connectivity index is 1.95. The lowest BCUT2D eigenvalue weighted by molar-refractivity contribution is 0.406. The van der Waals surface area contributed by atoms with Crippen molar-refractivity contribution in [1.29, 1.82) is 0 Å². The molecule has 0 aliphatic carbocycles. The van der Waals surface area contributed by atoms with Gasteiger partial charge in [-0.15, -0.1) is 11.3 Å². The standard InChI is InChI=1S/C11H16BrNS2/c1-13-11(8-2-3-14-6-8)5-10-4-9(12)7-15-10/h4,7-8,11,13H,2-3,5-6H2,1H3. The second-order valence-corrected chi connectivity index (χ2v) is 7.02. The molecule has 15 heavy (non-hydrogen) atoms. The molecule has 1 aliphatic rings. The summed E-state index contributed by atoms with van der Waals surface area (Å²) in [5, 5.41) is 5.65. The van der Waals surface area contributed by atoms with Crippen molar-refractivity contribution >= 4 is 39.0 Å². The highest BCUT2D eigenvalue weighted by Crippen LogP contribution is 2.29. The van der Waals surface area contributed by atoms with Gasteiger partial charge in [-0.3, -0.25) is 0 Å². The number of thiophene rings is 1. The largest absolute Gasteiger partial charge is 0.316 e. The summed E-state index contributed by atoms with van der Waals surface area (Å²) in [4.78, 5) is 1.48. The average molecular weight is 306 g/mol. The van der Waals surface area contributed by atoms with Crippen molar-refractivity contribution in [2.75, 3.05) is 18.6 Å². The molecule has 2 heterocycles. The zero-order valence-electron chi connectivity index (χ0n) is 8.83. The second-order valence-electron chi connectivity index (χ2n) is 3.95. The molecule has 4 heteroatoms. The summed E-state index contributed by atoms with van der Waals surface area (Å²) < 4.78 is 1.22. The molecular weight excluding hydrogens is 290 g/mol. The first kappa shape index (κ1) is 12.0. The van der Waals surface area contributed by atoms with Gasteiger partial charge in [-0.2, -0.15) is 11.8 Å². The first-order valence-electron chi connectivity index (χ1n) is 5.27. The molecule has 2 atom stereocenters. The Bertz CT molecular complexity index is 307. The van der Waals surface area contributed by atoms with Crippen LogP contribution in [0.15, 0.2) is 15.9 Å². The van der Waals surface area contributed by atoms with Crippen LogP contribution in [0.1, 0.15) is 11.3 Å². The quantitative estimate of drug-likeness (QED) is 0.915. The van der Waals surface area contributed by atoms with Crippen molar-refractivity contribution < 1.29 is 0 Å². The Hall–Kier alpha value is 0.490. The van der Waals surface area contributed by atoms with E-state index in [2.05, 4.69) is 51.5 Å². The predicted molar refractivity (Wildman–Crippen MR) is 74.0 cm³/mol. The summed E-state index contributed by atoms with van der Waals surface area (Å²) in [5.74, 6) is 3.54. The lowest BCUT2D eigenvalue weighted by Crippen LogP contribution is -2.35. The van der Waals surface area contributed by atoms with E-state index in [4.69, 9.17) is 0 Å². The van der Waals surface area contributed by atoms with Crippen LogP contribution in [0.2, 0.25) is 0 Å². The van der Waals surface area contributed by atoms with Crippen LogP contribution in [0.3, 0.4) is 0 Å². The van der Waals surface area contributed by atoms with Gasteiger partial charge in [0.05, 0.1) is 0 Å². The van der Waals surface area contributed by atoms with Crippen LogP contribution in [0.5, 0.6) is 0 Å². The van der Waals surface area contributed by atoms with Crippen LogP contribution >= 0.6 is 39.0 Å². The SMILES string of the molecule is CNC(Cc1cc(Br)cs1)C1CCSC1. The fourth-order valence-corrected chi connectivity index (χ4v) is 4.90. The maximum absolute atomic E-state index is 3.51. The van der Waals surface area contributed by atoms with Crippen LogP contribution in [-0.4, -0.2) is 24.6 Å². The van der Waals surface area contributed by atoms with Gasteiger partial charge in [-0.25, -0.2) is 0 Å². The maximum Gasteiger partial charge on any atom is 0.0285 e. The predicted octanol–water partition coefficient (Wildman–Crippen LogP) is 3.39. The van der Waals surface area contributed by atoms with Crippen molar-refractivity contribution in [2.45, 2.75) is 18.9 Å².